The third-order valence-electron chi connectivity index (χ3n) is 3.01. The highest BCUT2D eigenvalue weighted by molar-refractivity contribution is 6.42. The minimum Gasteiger partial charge on any atom is -0.334 e. The van der Waals surface area contributed by atoms with Crippen LogP contribution in [0.4, 0.5) is 0 Å². The highest BCUT2D eigenvalue weighted by atomic mass is 35.5. The minimum atomic E-state index is 0.436. The van der Waals surface area contributed by atoms with Gasteiger partial charge in [0.2, 0.25) is 5.82 Å². The zero-order valence-corrected chi connectivity index (χ0v) is 12.4. The predicted molar refractivity (Wildman–Crippen MR) is 83.1 cm³/mol. The second kappa shape index (κ2) is 5.85. The fraction of sp³-hybridized carbons (Fsp3) is 0.0667. The molecular weight excluding hydrogens is 309 g/mol. The third-order valence-corrected chi connectivity index (χ3v) is 3.75. The van der Waals surface area contributed by atoms with Crippen LogP contribution in [0.1, 0.15) is 5.56 Å². The van der Waals surface area contributed by atoms with Gasteiger partial charge in [0.15, 0.2) is 0 Å². The molecule has 0 aliphatic heterocycles. The van der Waals surface area contributed by atoms with E-state index in [2.05, 4.69) is 10.1 Å². The lowest BCUT2D eigenvalue weighted by molar-refractivity contribution is 0.432. The van der Waals surface area contributed by atoms with Crippen molar-refractivity contribution in [3.63, 3.8) is 0 Å². The van der Waals surface area contributed by atoms with Crippen LogP contribution >= 0.6 is 23.2 Å². The molecule has 0 aliphatic carbocycles. The van der Waals surface area contributed by atoms with E-state index in [9.17, 15) is 0 Å². The largest absolute Gasteiger partial charge is 0.334 e. The Morgan fingerprint density at radius 1 is 1.00 bits per heavy atom. The highest BCUT2D eigenvalue weighted by Crippen LogP contribution is 2.28. The first kappa shape index (κ1) is 14.1. The van der Waals surface area contributed by atoms with E-state index in [4.69, 9.17) is 33.5 Å². The molecule has 6 heteroatoms. The van der Waals surface area contributed by atoms with E-state index in [1.165, 1.54) is 0 Å². The molecule has 0 radical (unpaired) electrons. The average Bonchev–Trinajstić information content (AvgIpc) is 3.00. The maximum atomic E-state index is 6.00. The summed E-state index contributed by atoms with van der Waals surface area (Å²) in [5, 5.41) is 4.91. The van der Waals surface area contributed by atoms with Crippen LogP contribution in [-0.4, -0.2) is 10.1 Å². The SMILES string of the molecule is NCc1cccc(-c2nc(-c3ccc(Cl)c(Cl)c3)no2)c1. The van der Waals surface area contributed by atoms with Gasteiger partial charge < -0.3 is 10.3 Å². The van der Waals surface area contributed by atoms with Gasteiger partial charge >= 0.3 is 0 Å². The standard InChI is InChI=1S/C15H11Cl2N3O/c16-12-5-4-10(7-13(12)17)14-19-15(21-20-14)11-3-1-2-9(6-11)8-18/h1-7H,8,18H2. The first-order valence-electron chi connectivity index (χ1n) is 6.26. The maximum absolute atomic E-state index is 6.00. The number of nitrogens with two attached hydrogens (primary N) is 1. The molecule has 3 rings (SSSR count). The van der Waals surface area contributed by atoms with Crippen molar-refractivity contribution in [2.75, 3.05) is 0 Å². The fourth-order valence-electron chi connectivity index (χ4n) is 1.92. The van der Waals surface area contributed by atoms with Gasteiger partial charge in [-0.2, -0.15) is 4.98 Å². The summed E-state index contributed by atoms with van der Waals surface area (Å²) in [6.07, 6.45) is 0. The molecule has 0 bridgehead atoms. The van der Waals surface area contributed by atoms with Gasteiger partial charge in [0.1, 0.15) is 0 Å². The van der Waals surface area contributed by atoms with Crippen LogP contribution in [-0.2, 0) is 6.54 Å². The molecule has 0 unspecified atom stereocenters. The molecular formula is C15H11Cl2N3O. The Labute approximate surface area is 131 Å². The number of rotatable bonds is 3. The van der Waals surface area contributed by atoms with Gasteiger partial charge in [-0.15, -0.1) is 0 Å². The Hall–Kier alpha value is -1.88. The fourth-order valence-corrected chi connectivity index (χ4v) is 2.22. The number of benzene rings is 2. The molecule has 0 amide bonds. The third kappa shape index (κ3) is 2.93. The lowest BCUT2D eigenvalue weighted by Gasteiger charge is -1.98. The Balaban J connectivity index is 1.97. The molecule has 21 heavy (non-hydrogen) atoms. The molecule has 106 valence electrons. The maximum Gasteiger partial charge on any atom is 0.258 e. The van der Waals surface area contributed by atoms with E-state index in [1.807, 2.05) is 24.3 Å². The van der Waals surface area contributed by atoms with Crippen molar-refractivity contribution < 1.29 is 4.52 Å². The summed E-state index contributed by atoms with van der Waals surface area (Å²) in [4.78, 5) is 4.38. The smallest absolute Gasteiger partial charge is 0.258 e. The average molecular weight is 320 g/mol. The van der Waals surface area contributed by atoms with Gasteiger partial charge in [0, 0.05) is 17.7 Å². The van der Waals surface area contributed by atoms with Gasteiger partial charge in [-0.25, -0.2) is 0 Å². The zero-order chi connectivity index (χ0) is 14.8. The molecule has 2 N–H and O–H groups in total. The second-order valence-corrected chi connectivity index (χ2v) is 5.27. The zero-order valence-electron chi connectivity index (χ0n) is 10.9. The molecule has 1 heterocycles. The van der Waals surface area contributed by atoms with Gasteiger partial charge in [-0.3, -0.25) is 0 Å². The summed E-state index contributed by atoms with van der Waals surface area (Å²) in [6.45, 7) is 0.460. The Bertz CT molecular complexity index is 786. The first-order valence-corrected chi connectivity index (χ1v) is 7.01. The molecule has 3 aromatic rings. The number of nitrogens with zero attached hydrogens (tertiary/aromatic N) is 2. The molecule has 1 aromatic heterocycles. The Morgan fingerprint density at radius 3 is 2.62 bits per heavy atom. The molecule has 4 nitrogen and oxygen atoms in total. The summed E-state index contributed by atoms with van der Waals surface area (Å²) >= 11 is 11.9. The van der Waals surface area contributed by atoms with Crippen molar-refractivity contribution in [2.24, 2.45) is 5.73 Å². The molecule has 0 saturated heterocycles. The summed E-state index contributed by atoms with van der Waals surface area (Å²) < 4.78 is 5.30. The molecule has 0 fully saturated rings. The van der Waals surface area contributed by atoms with Crippen LogP contribution in [0, 0.1) is 0 Å². The van der Waals surface area contributed by atoms with E-state index in [-0.39, 0.29) is 0 Å². The molecule has 0 spiro atoms. The van der Waals surface area contributed by atoms with Crippen molar-refractivity contribution in [1.82, 2.24) is 10.1 Å². The summed E-state index contributed by atoms with van der Waals surface area (Å²) in [7, 11) is 0. The van der Waals surface area contributed by atoms with Crippen LogP contribution in [0.2, 0.25) is 10.0 Å². The number of aromatic nitrogens is 2. The Morgan fingerprint density at radius 2 is 1.86 bits per heavy atom. The lowest BCUT2D eigenvalue weighted by Crippen LogP contribution is -1.95. The number of hydrogen-bond acceptors (Lipinski definition) is 4. The normalized spacial score (nSPS) is 10.8. The van der Waals surface area contributed by atoms with Crippen molar-refractivity contribution >= 4 is 23.2 Å². The van der Waals surface area contributed by atoms with Gasteiger partial charge in [0.25, 0.3) is 5.89 Å². The molecule has 2 aromatic carbocycles. The van der Waals surface area contributed by atoms with Gasteiger partial charge in [0.05, 0.1) is 10.0 Å². The van der Waals surface area contributed by atoms with Crippen LogP contribution in [0.3, 0.4) is 0 Å². The number of halogens is 2. The van der Waals surface area contributed by atoms with Crippen LogP contribution in [0.15, 0.2) is 47.0 Å². The molecule has 0 saturated carbocycles. The lowest BCUT2D eigenvalue weighted by atomic mass is 10.1. The van der Waals surface area contributed by atoms with E-state index in [0.29, 0.717) is 28.3 Å². The second-order valence-electron chi connectivity index (χ2n) is 4.46. The predicted octanol–water partition coefficient (Wildman–Crippen LogP) is 4.17. The van der Waals surface area contributed by atoms with Crippen molar-refractivity contribution in [1.29, 1.82) is 0 Å². The van der Waals surface area contributed by atoms with E-state index in [1.54, 1.807) is 18.2 Å². The van der Waals surface area contributed by atoms with Crippen LogP contribution in [0.5, 0.6) is 0 Å². The summed E-state index contributed by atoms with van der Waals surface area (Å²) in [6, 6.07) is 12.9. The summed E-state index contributed by atoms with van der Waals surface area (Å²) in [5.74, 6) is 0.896. The van der Waals surface area contributed by atoms with Crippen molar-refractivity contribution in [3.8, 4) is 22.8 Å². The van der Waals surface area contributed by atoms with Gasteiger partial charge in [-0.05, 0) is 35.9 Å². The quantitative estimate of drug-likeness (QED) is 0.786. The molecule has 0 atom stereocenters. The monoisotopic (exact) mass is 319 g/mol. The number of hydrogen-bond donors (Lipinski definition) is 1. The van der Waals surface area contributed by atoms with Crippen LogP contribution in [0.25, 0.3) is 22.8 Å². The molecule has 0 aliphatic rings. The summed E-state index contributed by atoms with van der Waals surface area (Å²) in [5.41, 5.74) is 8.21. The van der Waals surface area contributed by atoms with E-state index >= 15 is 0 Å². The van der Waals surface area contributed by atoms with Crippen molar-refractivity contribution in [2.45, 2.75) is 6.54 Å². The van der Waals surface area contributed by atoms with Gasteiger partial charge in [-0.1, -0.05) is 40.5 Å². The van der Waals surface area contributed by atoms with E-state index in [0.717, 1.165) is 16.7 Å². The Kier molecular flexibility index (Phi) is 3.92. The van der Waals surface area contributed by atoms with Crippen LogP contribution < -0.4 is 5.73 Å². The van der Waals surface area contributed by atoms with Crippen molar-refractivity contribution in [3.05, 3.63) is 58.1 Å². The minimum absolute atomic E-state index is 0.436. The first-order chi connectivity index (χ1) is 10.2. The highest BCUT2D eigenvalue weighted by Gasteiger charge is 2.12. The van der Waals surface area contributed by atoms with E-state index < -0.39 is 0 Å². The topological polar surface area (TPSA) is 64.9 Å².